The number of amides is 2. The maximum Gasteiger partial charge on any atom is 0.329 e. The molecule has 0 aliphatic carbocycles. The lowest BCUT2D eigenvalue weighted by molar-refractivity contribution is -0.135. The molecule has 1 aliphatic heterocycles. The van der Waals surface area contributed by atoms with Gasteiger partial charge in [0.1, 0.15) is 6.04 Å². The second-order valence-corrected chi connectivity index (χ2v) is 8.39. The van der Waals surface area contributed by atoms with Gasteiger partial charge in [-0.3, -0.25) is 24.0 Å². The molecule has 2 amide bonds. The van der Waals surface area contributed by atoms with Crippen LogP contribution in [-0.4, -0.2) is 34.0 Å². The van der Waals surface area contributed by atoms with E-state index in [0.717, 1.165) is 42.6 Å². The molecule has 7 heteroatoms. The number of aromatic nitrogens is 2. The number of fused-ring (bicyclic) bond motifs is 1. The Bertz CT molecular complexity index is 1200. The van der Waals surface area contributed by atoms with Gasteiger partial charge in [0.05, 0.1) is 11.0 Å². The zero-order valence-electron chi connectivity index (χ0n) is 18.9. The first-order valence-electron chi connectivity index (χ1n) is 11.3. The minimum Gasteiger partial charge on any atom is -0.372 e. The van der Waals surface area contributed by atoms with Crippen LogP contribution in [0.25, 0.3) is 22.2 Å². The van der Waals surface area contributed by atoms with Gasteiger partial charge in [0.25, 0.3) is 0 Å². The van der Waals surface area contributed by atoms with Crippen molar-refractivity contribution in [3.63, 3.8) is 0 Å². The summed E-state index contributed by atoms with van der Waals surface area (Å²) in [6.07, 6.45) is 2.74. The first-order chi connectivity index (χ1) is 15.5. The third-order valence-electron chi connectivity index (χ3n) is 6.15. The highest BCUT2D eigenvalue weighted by Crippen LogP contribution is 2.31. The number of anilines is 1. The first-order valence-corrected chi connectivity index (χ1v) is 11.3. The van der Waals surface area contributed by atoms with Crippen LogP contribution in [0.2, 0.25) is 0 Å². The van der Waals surface area contributed by atoms with Gasteiger partial charge in [0, 0.05) is 37.8 Å². The van der Waals surface area contributed by atoms with E-state index in [1.54, 1.807) is 11.6 Å². The summed E-state index contributed by atoms with van der Waals surface area (Å²) in [6.45, 7) is 6.41. The molecule has 1 unspecified atom stereocenters. The maximum atomic E-state index is 13.1. The summed E-state index contributed by atoms with van der Waals surface area (Å²) >= 11 is 0. The fraction of sp³-hybridized carbons (Fsp3) is 0.400. The summed E-state index contributed by atoms with van der Waals surface area (Å²) in [5.74, 6) is -0.710. The molecule has 1 fully saturated rings. The predicted molar refractivity (Wildman–Crippen MR) is 127 cm³/mol. The molecule has 4 rings (SSSR count). The van der Waals surface area contributed by atoms with Crippen molar-refractivity contribution in [2.24, 2.45) is 7.05 Å². The average molecular weight is 435 g/mol. The zero-order chi connectivity index (χ0) is 22.8. The Balaban J connectivity index is 1.77. The molecule has 0 saturated carbocycles. The standard InChI is InChI=1S/C25H30N4O3/c1-4-15-28(16-5-2)18-11-9-17(10-12-18)19-7-6-8-20-23(19)27(3)25(32)29(20)21-13-14-22(30)26-24(21)31/h6-12,21H,4-5,13-16H2,1-3H3,(H,26,30,31). The largest absolute Gasteiger partial charge is 0.372 e. The summed E-state index contributed by atoms with van der Waals surface area (Å²) < 4.78 is 3.13. The van der Waals surface area contributed by atoms with E-state index < -0.39 is 11.9 Å². The van der Waals surface area contributed by atoms with Gasteiger partial charge >= 0.3 is 5.69 Å². The second-order valence-electron chi connectivity index (χ2n) is 8.39. The number of para-hydroxylation sites is 1. The van der Waals surface area contributed by atoms with E-state index in [4.69, 9.17) is 0 Å². The molecule has 7 nitrogen and oxygen atoms in total. The quantitative estimate of drug-likeness (QED) is 0.577. The molecule has 32 heavy (non-hydrogen) atoms. The van der Waals surface area contributed by atoms with Gasteiger partial charge in [0.2, 0.25) is 11.8 Å². The number of nitrogens with one attached hydrogen (secondary N) is 1. The van der Waals surface area contributed by atoms with Crippen LogP contribution in [-0.2, 0) is 16.6 Å². The monoisotopic (exact) mass is 434 g/mol. The Morgan fingerprint density at radius 3 is 2.31 bits per heavy atom. The smallest absolute Gasteiger partial charge is 0.329 e. The summed E-state index contributed by atoms with van der Waals surface area (Å²) in [5.41, 5.74) is 4.39. The number of hydrogen-bond acceptors (Lipinski definition) is 4. The number of carbonyl (C=O) groups excluding carboxylic acids is 2. The number of rotatable bonds is 7. The number of aryl methyl sites for hydroxylation is 1. The Morgan fingerprint density at radius 2 is 1.69 bits per heavy atom. The predicted octanol–water partition coefficient (Wildman–Crippen LogP) is 3.61. The van der Waals surface area contributed by atoms with E-state index in [2.05, 4.69) is 48.3 Å². The van der Waals surface area contributed by atoms with Crippen molar-refractivity contribution in [3.8, 4) is 11.1 Å². The van der Waals surface area contributed by atoms with E-state index in [1.165, 1.54) is 10.3 Å². The van der Waals surface area contributed by atoms with Gasteiger partial charge in [0.15, 0.2) is 0 Å². The fourth-order valence-electron chi connectivity index (χ4n) is 4.66. The Labute approximate surface area is 187 Å². The molecule has 1 atom stereocenters. The lowest BCUT2D eigenvalue weighted by Gasteiger charge is -2.24. The number of imidazole rings is 1. The van der Waals surface area contributed by atoms with Gasteiger partial charge in [-0.1, -0.05) is 38.1 Å². The minimum absolute atomic E-state index is 0.229. The molecule has 1 saturated heterocycles. The van der Waals surface area contributed by atoms with Crippen LogP contribution in [0.1, 0.15) is 45.6 Å². The molecule has 3 aromatic rings. The second kappa shape index (κ2) is 9.02. The van der Waals surface area contributed by atoms with Gasteiger partial charge in [-0.05, 0) is 43.0 Å². The Kier molecular flexibility index (Phi) is 6.17. The number of imide groups is 1. The first kappa shape index (κ1) is 21.9. The number of hydrogen-bond donors (Lipinski definition) is 1. The molecule has 1 aromatic heterocycles. The van der Waals surface area contributed by atoms with Crippen LogP contribution in [0.3, 0.4) is 0 Å². The summed E-state index contributed by atoms with van der Waals surface area (Å²) in [7, 11) is 1.73. The molecule has 2 aromatic carbocycles. The fourth-order valence-corrected chi connectivity index (χ4v) is 4.66. The highest BCUT2D eigenvalue weighted by atomic mass is 16.2. The zero-order valence-corrected chi connectivity index (χ0v) is 18.9. The highest BCUT2D eigenvalue weighted by Gasteiger charge is 2.31. The summed E-state index contributed by atoms with van der Waals surface area (Å²) in [5, 5.41) is 2.36. The van der Waals surface area contributed by atoms with E-state index >= 15 is 0 Å². The van der Waals surface area contributed by atoms with Gasteiger partial charge in [-0.2, -0.15) is 0 Å². The molecular formula is C25H30N4O3. The molecule has 2 heterocycles. The SMILES string of the molecule is CCCN(CCC)c1ccc(-c2cccc3c2n(C)c(=O)n3C2CCC(=O)NC2=O)cc1. The summed E-state index contributed by atoms with van der Waals surface area (Å²) in [4.78, 5) is 39.6. The highest BCUT2D eigenvalue weighted by molar-refractivity contribution is 6.00. The van der Waals surface area contributed by atoms with Crippen LogP contribution >= 0.6 is 0 Å². The van der Waals surface area contributed by atoms with Gasteiger partial charge < -0.3 is 4.90 Å². The van der Waals surface area contributed by atoms with Crippen molar-refractivity contribution in [2.75, 3.05) is 18.0 Å². The van der Waals surface area contributed by atoms with E-state index in [9.17, 15) is 14.4 Å². The van der Waals surface area contributed by atoms with Crippen molar-refractivity contribution in [3.05, 3.63) is 52.9 Å². The lowest BCUT2D eigenvalue weighted by atomic mass is 10.0. The van der Waals surface area contributed by atoms with Gasteiger partial charge in [-0.15, -0.1) is 0 Å². The van der Waals surface area contributed by atoms with Gasteiger partial charge in [-0.25, -0.2) is 4.79 Å². The maximum absolute atomic E-state index is 13.1. The van der Waals surface area contributed by atoms with Crippen molar-refractivity contribution in [1.29, 1.82) is 0 Å². The van der Waals surface area contributed by atoms with Crippen LogP contribution in [0, 0.1) is 0 Å². The molecule has 1 aliphatic rings. The van der Waals surface area contributed by atoms with Crippen LogP contribution in [0.15, 0.2) is 47.3 Å². The minimum atomic E-state index is -0.682. The topological polar surface area (TPSA) is 76.3 Å². The van der Waals surface area contributed by atoms with Crippen molar-refractivity contribution < 1.29 is 9.59 Å². The lowest BCUT2D eigenvalue weighted by Crippen LogP contribution is -2.44. The van der Waals surface area contributed by atoms with E-state index in [-0.39, 0.29) is 18.0 Å². The number of nitrogens with zero attached hydrogens (tertiary/aromatic N) is 3. The molecule has 0 spiro atoms. The molecule has 168 valence electrons. The van der Waals surface area contributed by atoms with Crippen molar-refractivity contribution in [1.82, 2.24) is 14.5 Å². The molecule has 0 bridgehead atoms. The summed E-state index contributed by atoms with van der Waals surface area (Å²) in [6, 6.07) is 13.5. The molecule has 1 N–H and O–H groups in total. The third-order valence-corrected chi connectivity index (χ3v) is 6.15. The molecule has 0 radical (unpaired) electrons. The Hall–Kier alpha value is -3.35. The Morgan fingerprint density at radius 1 is 1.00 bits per heavy atom. The van der Waals surface area contributed by atoms with E-state index in [0.29, 0.717) is 11.9 Å². The number of piperidine rings is 1. The average Bonchev–Trinajstić information content (AvgIpc) is 3.04. The number of benzene rings is 2. The van der Waals surface area contributed by atoms with Crippen LogP contribution in [0.5, 0.6) is 0 Å². The van der Waals surface area contributed by atoms with Crippen LogP contribution in [0.4, 0.5) is 5.69 Å². The van der Waals surface area contributed by atoms with Crippen molar-refractivity contribution >= 4 is 28.5 Å². The third kappa shape index (κ3) is 3.83. The molecular weight excluding hydrogens is 404 g/mol. The van der Waals surface area contributed by atoms with Crippen LogP contribution < -0.4 is 15.9 Å². The number of carbonyl (C=O) groups is 2. The normalized spacial score (nSPS) is 16.4. The van der Waals surface area contributed by atoms with Crippen molar-refractivity contribution in [2.45, 2.75) is 45.6 Å². The van der Waals surface area contributed by atoms with E-state index in [1.807, 2.05) is 18.2 Å².